The molecule has 0 spiro atoms. The van der Waals surface area contributed by atoms with Gasteiger partial charge in [-0.3, -0.25) is 24.0 Å². The first kappa shape index (κ1) is 76.4. The maximum Gasteiger partial charge on any atom is 0.356 e. The number of hydrogen-bond acceptors (Lipinski definition) is 19. The molecule has 0 fully saturated rings. The highest BCUT2D eigenvalue weighted by molar-refractivity contribution is 7.90. The molecule has 0 saturated carbocycles. The quantitative estimate of drug-likeness (QED) is 0.0407. The van der Waals surface area contributed by atoms with Gasteiger partial charge in [0.05, 0.1) is 73.8 Å². The predicted molar refractivity (Wildman–Crippen MR) is 387 cm³/mol. The molecule has 0 bridgehead atoms. The van der Waals surface area contributed by atoms with Crippen molar-refractivity contribution >= 4 is 91.7 Å². The van der Waals surface area contributed by atoms with E-state index in [-0.39, 0.29) is 56.9 Å². The van der Waals surface area contributed by atoms with E-state index < -0.39 is 38.6 Å². The third-order valence-corrected chi connectivity index (χ3v) is 19.3. The summed E-state index contributed by atoms with van der Waals surface area (Å²) in [6, 6.07) is 31.4. The average molecular weight is 1450 g/mol. The molecule has 0 atom stereocenters. The molecule has 23 nitrogen and oxygen atoms in total. The number of carbonyl (C=O) groups is 6. The molecule has 102 heavy (non-hydrogen) atoms. The van der Waals surface area contributed by atoms with Gasteiger partial charge in [0.1, 0.15) is 22.8 Å². The van der Waals surface area contributed by atoms with Crippen LogP contribution in [0.4, 0.5) is 5.69 Å². The Kier molecular flexibility index (Phi) is 24.7. The molecule has 2 amide bonds. The summed E-state index contributed by atoms with van der Waals surface area (Å²) in [7, 11) is -2.00. The van der Waals surface area contributed by atoms with Crippen molar-refractivity contribution in [2.45, 2.75) is 137 Å². The largest absolute Gasteiger partial charge is 0.493 e. The van der Waals surface area contributed by atoms with Gasteiger partial charge >= 0.3 is 17.9 Å². The van der Waals surface area contributed by atoms with E-state index in [0.29, 0.717) is 127 Å². The van der Waals surface area contributed by atoms with Crippen LogP contribution >= 0.6 is 23.2 Å². The summed E-state index contributed by atoms with van der Waals surface area (Å²) in [6.07, 6.45) is 9.24. The van der Waals surface area contributed by atoms with Crippen molar-refractivity contribution < 1.29 is 70.9 Å². The van der Waals surface area contributed by atoms with E-state index in [4.69, 9.17) is 51.8 Å². The van der Waals surface area contributed by atoms with E-state index in [0.717, 1.165) is 59.8 Å². The molecule has 1 N–H and O–H groups in total. The number of amides is 2. The second-order valence-electron chi connectivity index (χ2n) is 25.6. The smallest absolute Gasteiger partial charge is 0.356 e. The van der Waals surface area contributed by atoms with Crippen molar-refractivity contribution in [1.29, 1.82) is 0 Å². The van der Waals surface area contributed by atoms with Crippen LogP contribution in [0.5, 0.6) is 11.8 Å². The first-order valence-electron chi connectivity index (χ1n) is 33.6. The van der Waals surface area contributed by atoms with E-state index in [9.17, 15) is 47.1 Å². The van der Waals surface area contributed by atoms with Gasteiger partial charge in [0.25, 0.3) is 17.4 Å². The lowest BCUT2D eigenvalue weighted by Crippen LogP contribution is -2.31. The monoisotopic (exact) mass is 1450 g/mol. The molecule has 0 unspecified atom stereocenters. The van der Waals surface area contributed by atoms with Crippen LogP contribution in [0.1, 0.15) is 147 Å². The number of hydrogen-bond donors (Lipinski definition) is 1. The van der Waals surface area contributed by atoms with E-state index in [1.807, 2.05) is 81.4 Å². The highest BCUT2D eigenvalue weighted by atomic mass is 35.5. The zero-order valence-corrected chi connectivity index (χ0v) is 61.3. The SMILES string of the molecule is CCOC(=O)/C(Cl)=C/c1cc(N2C(=O)C3=C(CCCC3)C2=O)ccc1Cl.CCOC(=O)C1=NOC(c2ccccc2)(c2ccccc2)C1.CCc1cc(C)cc(CC)c1-c1c(OC(=O)C(C)(C)C)n2n(c1=O)CCOCC2.Cc1c(C(=O)c2cnn(C)c2O)ccc(S(C)(=O)=O)c1C1=NOCC1. The van der Waals surface area contributed by atoms with E-state index in [1.165, 1.54) is 46.6 Å². The Bertz CT molecular complexity index is 4600. The van der Waals surface area contributed by atoms with E-state index >= 15 is 0 Å². The van der Waals surface area contributed by atoms with Crippen LogP contribution in [0.15, 0.2) is 146 Å². The first-order chi connectivity index (χ1) is 48.6. The molecule has 1 aliphatic carbocycles. The van der Waals surface area contributed by atoms with Crippen molar-refractivity contribution in [1.82, 2.24) is 19.1 Å². The number of sulfone groups is 1. The number of anilines is 1. The number of carbonyl (C=O) groups excluding carboxylic acids is 6. The fraction of sp³-hybridized carbons (Fsp3) is 0.368. The number of aromatic nitrogens is 4. The standard InChI is InChI=1S/C23H32N2O4.C19H17Cl2NO4.C18H17NO3.C16H17N3O5S/c1-7-16-13-15(3)14-17(8-2)18(16)19-20(26)24-9-11-28-12-10-25(24)21(19)29-22(27)23(4,5)6;1-2-26-19(25)16(21)10-11-9-12(7-8-15(11)20)22-17(23)13-5-3-4-6-14(13)18(22)24;1-2-21-17(20)16-13-18(22-19-16,14-9-5-3-6-10-14)15-11-7-4-8-12-15;1-9-10(15(20)11-8-17-19(2)16(11)21)4-5-13(25(3,22)23)14(9)12-6-7-24-18-12/h13-14H,7-12H2,1-6H3;7-10H,2-6H2,1H3;3-12H,2,13H2,1H3;4-5,8,21H,6-7H2,1-3H3/b;16-10-;;. The topological polar surface area (TPSA) is 285 Å². The van der Waals surface area contributed by atoms with Crippen molar-refractivity contribution in [3.8, 4) is 22.9 Å². The van der Waals surface area contributed by atoms with Crippen LogP contribution in [0.25, 0.3) is 17.2 Å². The third kappa shape index (κ3) is 16.6. The minimum Gasteiger partial charge on any atom is -0.493 e. The Labute approximate surface area is 602 Å². The number of esters is 3. The van der Waals surface area contributed by atoms with Crippen LogP contribution in [-0.4, -0.2) is 119 Å². The van der Waals surface area contributed by atoms with E-state index in [2.05, 4.69) is 48.3 Å². The van der Waals surface area contributed by atoms with Crippen molar-refractivity contribution in [2.24, 2.45) is 22.8 Å². The van der Waals surface area contributed by atoms with Gasteiger partial charge in [-0.15, -0.1) is 0 Å². The fourth-order valence-electron chi connectivity index (χ4n) is 12.4. The first-order valence-corrected chi connectivity index (χ1v) is 36.3. The number of oxime groups is 2. The zero-order valence-electron chi connectivity index (χ0n) is 58.9. The van der Waals surface area contributed by atoms with Crippen LogP contribution < -0.4 is 15.2 Å². The molecule has 4 aliphatic heterocycles. The predicted octanol–water partition coefficient (Wildman–Crippen LogP) is 12.4. The van der Waals surface area contributed by atoms with Crippen LogP contribution in [0, 0.1) is 19.3 Å². The molecule has 26 heteroatoms. The molecular weight excluding hydrogens is 1370 g/mol. The second-order valence-corrected chi connectivity index (χ2v) is 28.4. The summed E-state index contributed by atoms with van der Waals surface area (Å²) < 4.78 is 50.2. The Morgan fingerprint density at radius 1 is 0.735 bits per heavy atom. The molecule has 538 valence electrons. The normalized spacial score (nSPS) is 15.5. The highest BCUT2D eigenvalue weighted by Crippen LogP contribution is 2.43. The second kappa shape index (κ2) is 32.9. The molecule has 0 radical (unpaired) electrons. The molecule has 7 aromatic rings. The molecular formula is C76H83Cl2N7O16S. The molecule has 0 saturated heterocycles. The number of ether oxygens (including phenoxy) is 4. The number of benzene rings is 5. The summed E-state index contributed by atoms with van der Waals surface area (Å²) in [4.78, 5) is 100. The Balaban J connectivity index is 0.000000159. The summed E-state index contributed by atoms with van der Waals surface area (Å²) in [5, 5.41) is 21.9. The van der Waals surface area contributed by atoms with Gasteiger partial charge in [-0.1, -0.05) is 126 Å². The summed E-state index contributed by atoms with van der Waals surface area (Å²) in [6.45, 7) is 19.5. The maximum absolute atomic E-state index is 13.5. The minimum atomic E-state index is -3.52. The lowest BCUT2D eigenvalue weighted by atomic mass is 9.82. The highest BCUT2D eigenvalue weighted by Gasteiger charge is 2.45. The van der Waals surface area contributed by atoms with Crippen molar-refractivity contribution in [3.63, 3.8) is 0 Å². The molecule has 6 heterocycles. The number of ketones is 1. The third-order valence-electron chi connectivity index (χ3n) is 17.6. The summed E-state index contributed by atoms with van der Waals surface area (Å²) >= 11 is 12.1. The van der Waals surface area contributed by atoms with Crippen molar-refractivity contribution in [2.75, 3.05) is 44.2 Å². The van der Waals surface area contributed by atoms with Crippen LogP contribution in [0.3, 0.4) is 0 Å². The van der Waals surface area contributed by atoms with Crippen LogP contribution in [0.2, 0.25) is 5.02 Å². The van der Waals surface area contributed by atoms with Gasteiger partial charge in [-0.25, -0.2) is 37.0 Å². The molecule has 5 aliphatic rings. The number of imide groups is 1. The van der Waals surface area contributed by atoms with Gasteiger partial charge in [0.15, 0.2) is 26.9 Å². The number of halogens is 2. The number of nitrogens with zero attached hydrogens (tertiary/aromatic N) is 7. The zero-order chi connectivity index (χ0) is 74.0. The fourth-order valence-corrected chi connectivity index (χ4v) is 13.7. The summed E-state index contributed by atoms with van der Waals surface area (Å²) in [5.41, 5.74) is 9.17. The van der Waals surface area contributed by atoms with Gasteiger partial charge in [0.2, 0.25) is 11.8 Å². The number of aryl methyl sites for hydroxylation is 4. The Hall–Kier alpha value is -9.75. The van der Waals surface area contributed by atoms with Gasteiger partial charge in [-0.2, -0.15) is 5.10 Å². The molecule has 2 aromatic heterocycles. The van der Waals surface area contributed by atoms with E-state index in [1.54, 1.807) is 48.3 Å². The molecule has 5 aromatic carbocycles. The molecule has 12 rings (SSSR count). The van der Waals surface area contributed by atoms with Gasteiger partial charge in [-0.05, 0) is 151 Å². The van der Waals surface area contributed by atoms with Gasteiger partial charge < -0.3 is 33.7 Å². The number of aromatic hydroxyl groups is 1. The Morgan fingerprint density at radius 3 is 1.86 bits per heavy atom. The lowest BCUT2D eigenvalue weighted by molar-refractivity contribution is -0.143. The minimum absolute atomic E-state index is 0.0493. The number of rotatable bonds is 16. The Morgan fingerprint density at radius 2 is 1.33 bits per heavy atom. The average Bonchev–Trinajstić information content (AvgIpc) is 1.54. The van der Waals surface area contributed by atoms with Crippen molar-refractivity contribution in [3.05, 3.63) is 197 Å². The number of fused-ring (bicyclic) bond motifs is 1. The van der Waals surface area contributed by atoms with Crippen LogP contribution in [-0.2, 0) is 96.3 Å². The van der Waals surface area contributed by atoms with Gasteiger partial charge in [0, 0.05) is 58.1 Å². The summed E-state index contributed by atoms with van der Waals surface area (Å²) in [5.74, 6) is -2.35. The maximum atomic E-state index is 13.5. The lowest BCUT2D eigenvalue weighted by Gasteiger charge is -2.27.